The molecule has 1 aliphatic carbocycles. The number of hydrogen-bond donors (Lipinski definition) is 3. The van der Waals surface area contributed by atoms with Crippen LogP contribution in [-0.4, -0.2) is 10.7 Å². The standard InChI is InChI=1S/C8H7N3O/c9-6-2-1-4-5(6)3-7(10)11-8(4)12/h1-3,9H,(H3,10,11,12). The average Bonchev–Trinajstić information content (AvgIpc) is 2.33. The van der Waals surface area contributed by atoms with Crippen LogP contribution < -0.4 is 11.3 Å². The molecule has 0 saturated carbocycles. The van der Waals surface area contributed by atoms with Crippen LogP contribution in [0.2, 0.25) is 0 Å². The van der Waals surface area contributed by atoms with Gasteiger partial charge in [0.25, 0.3) is 5.56 Å². The fourth-order valence-electron chi connectivity index (χ4n) is 1.23. The summed E-state index contributed by atoms with van der Waals surface area (Å²) in [6, 6.07) is 1.60. The number of nitrogens with two attached hydrogens (primary N) is 1. The van der Waals surface area contributed by atoms with Crippen LogP contribution in [-0.2, 0) is 0 Å². The lowest BCUT2D eigenvalue weighted by molar-refractivity contribution is 1.23. The van der Waals surface area contributed by atoms with Crippen LogP contribution in [0, 0.1) is 5.41 Å². The Morgan fingerprint density at radius 1 is 1.42 bits per heavy atom. The van der Waals surface area contributed by atoms with Crippen LogP contribution >= 0.6 is 0 Å². The number of nitrogens with one attached hydrogen (secondary N) is 2. The van der Waals surface area contributed by atoms with Gasteiger partial charge in [0.05, 0.1) is 5.71 Å². The molecule has 4 nitrogen and oxygen atoms in total. The third kappa shape index (κ3) is 0.780. The number of allylic oxidation sites excluding steroid dienone is 1. The summed E-state index contributed by atoms with van der Waals surface area (Å²) in [7, 11) is 0. The maximum Gasteiger partial charge on any atom is 0.257 e. The lowest BCUT2D eigenvalue weighted by Crippen LogP contribution is -2.13. The van der Waals surface area contributed by atoms with Crippen molar-refractivity contribution in [2.45, 2.75) is 0 Å². The molecule has 0 atom stereocenters. The van der Waals surface area contributed by atoms with Gasteiger partial charge < -0.3 is 16.1 Å². The molecule has 0 bridgehead atoms. The molecule has 0 unspecified atom stereocenters. The molecule has 0 spiro atoms. The number of aromatic nitrogens is 1. The molecular formula is C8H7N3O. The normalized spacial score (nSPS) is 13.5. The molecule has 1 aromatic heterocycles. The molecule has 4 heteroatoms. The van der Waals surface area contributed by atoms with Crippen LogP contribution in [0.3, 0.4) is 0 Å². The summed E-state index contributed by atoms with van der Waals surface area (Å²) >= 11 is 0. The molecule has 2 rings (SSSR count). The quantitative estimate of drug-likeness (QED) is 0.513. The molecule has 60 valence electrons. The van der Waals surface area contributed by atoms with Gasteiger partial charge in [-0.1, -0.05) is 0 Å². The first-order valence-electron chi connectivity index (χ1n) is 3.48. The predicted octanol–water partition coefficient (Wildman–Crippen LogP) is 0.352. The molecule has 0 radical (unpaired) electrons. The number of aromatic amines is 1. The van der Waals surface area contributed by atoms with Crippen molar-refractivity contribution in [1.82, 2.24) is 4.98 Å². The monoisotopic (exact) mass is 161 g/mol. The summed E-state index contributed by atoms with van der Waals surface area (Å²) in [4.78, 5) is 13.7. The number of rotatable bonds is 0. The maximum atomic E-state index is 11.2. The highest BCUT2D eigenvalue weighted by Crippen LogP contribution is 2.16. The Hall–Kier alpha value is -1.84. The van der Waals surface area contributed by atoms with Crippen molar-refractivity contribution in [3.63, 3.8) is 0 Å². The summed E-state index contributed by atoms with van der Waals surface area (Å²) in [6.07, 6.45) is 3.20. The van der Waals surface area contributed by atoms with Gasteiger partial charge in [0.1, 0.15) is 5.82 Å². The van der Waals surface area contributed by atoms with Gasteiger partial charge in [-0.15, -0.1) is 0 Å². The zero-order chi connectivity index (χ0) is 8.72. The van der Waals surface area contributed by atoms with E-state index in [1.165, 1.54) is 0 Å². The van der Waals surface area contributed by atoms with Gasteiger partial charge in [0, 0.05) is 11.1 Å². The van der Waals surface area contributed by atoms with E-state index in [9.17, 15) is 4.79 Å². The first kappa shape index (κ1) is 6.84. The summed E-state index contributed by atoms with van der Waals surface area (Å²) in [5.41, 5.74) is 6.65. The zero-order valence-electron chi connectivity index (χ0n) is 6.22. The third-order valence-corrected chi connectivity index (χ3v) is 1.80. The number of H-pyrrole nitrogens is 1. The maximum absolute atomic E-state index is 11.2. The summed E-state index contributed by atoms with van der Waals surface area (Å²) in [6.45, 7) is 0. The van der Waals surface area contributed by atoms with Crippen LogP contribution in [0.15, 0.2) is 16.9 Å². The highest BCUT2D eigenvalue weighted by molar-refractivity contribution is 6.15. The van der Waals surface area contributed by atoms with E-state index < -0.39 is 0 Å². The highest BCUT2D eigenvalue weighted by Gasteiger charge is 2.13. The van der Waals surface area contributed by atoms with Crippen LogP contribution in [0.5, 0.6) is 0 Å². The zero-order valence-corrected chi connectivity index (χ0v) is 6.22. The summed E-state index contributed by atoms with van der Waals surface area (Å²) in [5, 5.41) is 7.43. The van der Waals surface area contributed by atoms with Crippen LogP contribution in [0.4, 0.5) is 5.82 Å². The molecule has 4 N–H and O–H groups in total. The lowest BCUT2D eigenvalue weighted by Gasteiger charge is -1.98. The Balaban J connectivity index is 2.83. The molecule has 0 amide bonds. The van der Waals surface area contributed by atoms with Crippen molar-refractivity contribution < 1.29 is 0 Å². The van der Waals surface area contributed by atoms with Crippen LogP contribution in [0.25, 0.3) is 6.08 Å². The smallest absolute Gasteiger partial charge is 0.257 e. The van der Waals surface area contributed by atoms with Gasteiger partial charge in [0.2, 0.25) is 0 Å². The minimum absolute atomic E-state index is 0.233. The first-order chi connectivity index (χ1) is 5.68. The molecule has 0 saturated heterocycles. The van der Waals surface area contributed by atoms with Gasteiger partial charge in [-0.2, -0.15) is 0 Å². The number of hydrogen-bond acceptors (Lipinski definition) is 3. The Labute approximate surface area is 68.2 Å². The van der Waals surface area contributed by atoms with E-state index in [-0.39, 0.29) is 5.56 Å². The average molecular weight is 161 g/mol. The highest BCUT2D eigenvalue weighted by atomic mass is 16.1. The van der Waals surface area contributed by atoms with Crippen molar-refractivity contribution in [1.29, 1.82) is 5.41 Å². The molecule has 1 aliphatic rings. The van der Waals surface area contributed by atoms with E-state index in [1.807, 2.05) is 0 Å². The van der Waals surface area contributed by atoms with E-state index in [1.54, 1.807) is 18.2 Å². The molecule has 1 aromatic rings. The topological polar surface area (TPSA) is 82.7 Å². The van der Waals surface area contributed by atoms with Gasteiger partial charge in [-0.3, -0.25) is 4.79 Å². The van der Waals surface area contributed by atoms with Crippen molar-refractivity contribution in [3.8, 4) is 0 Å². The fraction of sp³-hybridized carbons (Fsp3) is 0. The number of anilines is 1. The van der Waals surface area contributed by atoms with Crippen molar-refractivity contribution in [2.75, 3.05) is 5.73 Å². The Kier molecular flexibility index (Phi) is 1.18. The summed E-state index contributed by atoms with van der Waals surface area (Å²) < 4.78 is 0. The molecule has 0 aromatic carbocycles. The number of fused-ring (bicyclic) bond motifs is 1. The van der Waals surface area contributed by atoms with E-state index in [2.05, 4.69) is 4.98 Å². The second-order valence-electron chi connectivity index (χ2n) is 2.63. The third-order valence-electron chi connectivity index (χ3n) is 1.80. The van der Waals surface area contributed by atoms with Crippen molar-refractivity contribution in [2.24, 2.45) is 0 Å². The number of pyridine rings is 1. The van der Waals surface area contributed by atoms with E-state index in [4.69, 9.17) is 11.1 Å². The van der Waals surface area contributed by atoms with Crippen LogP contribution in [0.1, 0.15) is 11.1 Å². The van der Waals surface area contributed by atoms with Gasteiger partial charge in [0.15, 0.2) is 0 Å². The van der Waals surface area contributed by atoms with Gasteiger partial charge >= 0.3 is 0 Å². The van der Waals surface area contributed by atoms with Crippen molar-refractivity contribution >= 4 is 17.6 Å². The minimum atomic E-state index is -0.233. The first-order valence-corrected chi connectivity index (χ1v) is 3.48. The van der Waals surface area contributed by atoms with Gasteiger partial charge in [-0.25, -0.2) is 0 Å². The van der Waals surface area contributed by atoms with E-state index >= 15 is 0 Å². The Bertz CT molecular complexity index is 442. The van der Waals surface area contributed by atoms with Crippen molar-refractivity contribution in [3.05, 3.63) is 33.6 Å². The molecule has 1 heterocycles. The summed E-state index contributed by atoms with van der Waals surface area (Å²) in [5.74, 6) is 0.298. The lowest BCUT2D eigenvalue weighted by atomic mass is 10.1. The second kappa shape index (κ2) is 2.07. The molecule has 12 heavy (non-hydrogen) atoms. The second-order valence-corrected chi connectivity index (χ2v) is 2.63. The predicted molar refractivity (Wildman–Crippen MR) is 47.3 cm³/mol. The van der Waals surface area contributed by atoms with E-state index in [0.29, 0.717) is 22.7 Å². The molecule has 0 fully saturated rings. The van der Waals surface area contributed by atoms with Gasteiger partial charge in [-0.05, 0) is 18.2 Å². The minimum Gasteiger partial charge on any atom is -0.385 e. The number of nitrogen functional groups attached to an aromatic ring is 1. The Morgan fingerprint density at radius 3 is 2.92 bits per heavy atom. The van der Waals surface area contributed by atoms with E-state index in [0.717, 1.165) is 0 Å². The SMILES string of the molecule is N=C1C=Cc2c1cc(N)[nH]c2=O. The fourth-order valence-corrected chi connectivity index (χ4v) is 1.23. The largest absolute Gasteiger partial charge is 0.385 e. The Morgan fingerprint density at radius 2 is 2.17 bits per heavy atom. The molecular weight excluding hydrogens is 154 g/mol. The molecule has 0 aliphatic heterocycles.